The molecule has 0 heterocycles. The van der Waals surface area contributed by atoms with E-state index in [4.69, 9.17) is 18.9 Å². The van der Waals surface area contributed by atoms with Crippen LogP contribution in [-0.4, -0.2) is 35.0 Å². The van der Waals surface area contributed by atoms with E-state index in [9.17, 15) is 0 Å². The van der Waals surface area contributed by atoms with Crippen molar-refractivity contribution >= 4 is 45.5 Å². The maximum Gasteiger partial charge on any atom is 0.119 e. The average molecular weight is 1210 g/mol. The molecule has 8 nitrogen and oxygen atoms in total. The van der Waals surface area contributed by atoms with Crippen molar-refractivity contribution < 1.29 is 18.9 Å². The quantitative estimate of drug-likeness (QED) is 0.0497. The van der Waals surface area contributed by atoms with Gasteiger partial charge in [0.05, 0.1) is 27.9 Å². The Balaban J connectivity index is 0.849. The summed E-state index contributed by atoms with van der Waals surface area (Å²) in [5, 5.41) is 0. The molecular weight excluding hydrogens is 1130 g/mol. The number of rotatable bonds is 26. The van der Waals surface area contributed by atoms with Crippen LogP contribution in [-0.2, 0) is 22.5 Å². The van der Waals surface area contributed by atoms with E-state index < -0.39 is 0 Å². The van der Waals surface area contributed by atoms with Crippen LogP contribution in [0.1, 0.15) is 48.9 Å². The third kappa shape index (κ3) is 16.4. The van der Waals surface area contributed by atoms with Gasteiger partial charge in [-0.2, -0.15) is 0 Å². The highest BCUT2D eigenvalue weighted by atomic mass is 16.5. The van der Waals surface area contributed by atoms with E-state index in [-0.39, 0.29) is 5.92 Å². The minimum atomic E-state index is 0.0576. The van der Waals surface area contributed by atoms with E-state index in [0.717, 1.165) is 121 Å². The first-order chi connectivity index (χ1) is 45.0. The smallest absolute Gasteiger partial charge is 0.119 e. The van der Waals surface area contributed by atoms with Gasteiger partial charge in [0.1, 0.15) is 17.3 Å². The van der Waals surface area contributed by atoms with Crippen LogP contribution in [0, 0.1) is 19.8 Å². The molecule has 0 amide bonds. The number of nitrogens with zero attached hydrogens (tertiary/aromatic N) is 4. The Morgan fingerprint density at radius 3 is 1.58 bits per heavy atom. The number of methoxy groups -OCH3 is 4. The van der Waals surface area contributed by atoms with E-state index in [1.165, 1.54) is 16.7 Å². The first-order valence-electron chi connectivity index (χ1n) is 31.6. The molecule has 0 N–H and O–H groups in total. The third-order valence-electron chi connectivity index (χ3n) is 16.4. The Hall–Kier alpha value is -10.5. The van der Waals surface area contributed by atoms with Gasteiger partial charge in [-0.3, -0.25) is 0 Å². The summed E-state index contributed by atoms with van der Waals surface area (Å²) >= 11 is 0. The zero-order valence-electron chi connectivity index (χ0n) is 54.4. The van der Waals surface area contributed by atoms with E-state index in [0.29, 0.717) is 19.6 Å². The zero-order chi connectivity index (χ0) is 64.2. The molecule has 10 rings (SSSR count). The molecule has 0 radical (unpaired) electrons. The number of hydrogen-bond donors (Lipinski definition) is 0. The predicted molar refractivity (Wildman–Crippen MR) is 387 cm³/mol. The fourth-order valence-corrected chi connectivity index (χ4v) is 11.5. The van der Waals surface area contributed by atoms with Crippen molar-refractivity contribution in [3.63, 3.8) is 0 Å². The largest absolute Gasteiger partial charge is 0.497 e. The zero-order valence-corrected chi connectivity index (χ0v) is 54.4. The van der Waals surface area contributed by atoms with Crippen LogP contribution >= 0.6 is 0 Å². The Morgan fingerprint density at radius 1 is 0.522 bits per heavy atom. The molecule has 92 heavy (non-hydrogen) atoms. The molecule has 0 saturated carbocycles. The van der Waals surface area contributed by atoms with Gasteiger partial charge >= 0.3 is 0 Å². The van der Waals surface area contributed by atoms with Crippen LogP contribution < -0.4 is 29.1 Å². The maximum atomic E-state index is 5.63. The molecule has 1 unspecified atom stereocenters. The summed E-state index contributed by atoms with van der Waals surface area (Å²) < 4.78 is 22.2. The first-order valence-corrected chi connectivity index (χ1v) is 31.6. The van der Waals surface area contributed by atoms with Gasteiger partial charge in [-0.15, -0.1) is 0 Å². The maximum absolute atomic E-state index is 5.63. The Labute approximate surface area is 546 Å². The summed E-state index contributed by atoms with van der Waals surface area (Å²) in [7, 11) is 6.84. The molecule has 8 aromatic carbocycles. The summed E-state index contributed by atoms with van der Waals surface area (Å²) in [6, 6.07) is 69.0. The Bertz CT molecular complexity index is 4070. The van der Waals surface area contributed by atoms with Crippen molar-refractivity contribution in [2.45, 2.75) is 53.6 Å². The monoisotopic (exact) mass is 1210 g/mol. The minimum absolute atomic E-state index is 0.0576. The Morgan fingerprint density at radius 2 is 1.03 bits per heavy atom. The summed E-state index contributed by atoms with van der Waals surface area (Å²) in [4.78, 5) is 9.27. The van der Waals surface area contributed by atoms with E-state index >= 15 is 0 Å². The van der Waals surface area contributed by atoms with Crippen molar-refractivity contribution in [3.05, 3.63) is 348 Å². The molecule has 8 heteroatoms. The molecule has 2 aliphatic rings. The van der Waals surface area contributed by atoms with Crippen molar-refractivity contribution in [3.8, 4) is 22.6 Å². The highest BCUT2D eigenvalue weighted by molar-refractivity contribution is 5.80. The molecule has 0 fully saturated rings. The molecular formula is C84H84N4O4. The second kappa shape index (κ2) is 31.8. The molecule has 0 saturated heterocycles. The number of benzene rings is 8. The summed E-state index contributed by atoms with van der Waals surface area (Å²) in [6.45, 7) is 14.4. The second-order valence-electron chi connectivity index (χ2n) is 22.8. The number of anilines is 8. The van der Waals surface area contributed by atoms with E-state index in [1.54, 1.807) is 28.4 Å². The molecule has 464 valence electrons. The van der Waals surface area contributed by atoms with Gasteiger partial charge in [-0.1, -0.05) is 158 Å². The predicted octanol–water partition coefficient (Wildman–Crippen LogP) is 21.5. The molecule has 8 aromatic rings. The van der Waals surface area contributed by atoms with Gasteiger partial charge in [0, 0.05) is 88.6 Å². The molecule has 0 spiro atoms. The second-order valence-corrected chi connectivity index (χ2v) is 22.8. The highest BCUT2D eigenvalue weighted by Gasteiger charge is 2.20. The van der Waals surface area contributed by atoms with Gasteiger partial charge < -0.3 is 38.5 Å². The SMILES string of the molecule is C=C(/C=C\C(=C/CC)N(C1=CC=CC(C(/C=C\CN(c2ccc(C)cc2)c2ccc(COC)cc2)=C/C)C=C1)c1ccc(OC)cc1)Cc1ccc(N(c2ccc(OC)cc2)c2ccc(-c3ccc(N(C4=CC=C(OC)C=CC4)c4ccc(C)cc4)cc3)cc2)cc1. The van der Waals surface area contributed by atoms with Gasteiger partial charge in [-0.05, 0) is 219 Å². The third-order valence-corrected chi connectivity index (χ3v) is 16.4. The van der Waals surface area contributed by atoms with Gasteiger partial charge in [0.15, 0.2) is 0 Å². The molecule has 2 aliphatic carbocycles. The fourth-order valence-electron chi connectivity index (χ4n) is 11.5. The number of aryl methyl sites for hydroxylation is 2. The lowest BCUT2D eigenvalue weighted by atomic mass is 9.97. The molecule has 0 aromatic heterocycles. The summed E-state index contributed by atoms with van der Waals surface area (Å²) in [5.41, 5.74) is 21.0. The summed E-state index contributed by atoms with van der Waals surface area (Å²) in [6.07, 6.45) is 35.2. The van der Waals surface area contributed by atoms with Crippen molar-refractivity contribution in [2.75, 3.05) is 54.6 Å². The lowest BCUT2D eigenvalue weighted by Crippen LogP contribution is -2.20. The van der Waals surface area contributed by atoms with Crippen LogP contribution in [0.25, 0.3) is 11.1 Å². The number of allylic oxidation sites excluding steroid dienone is 16. The van der Waals surface area contributed by atoms with Crippen molar-refractivity contribution in [1.29, 1.82) is 0 Å². The minimum Gasteiger partial charge on any atom is -0.497 e. The lowest BCUT2D eigenvalue weighted by molar-refractivity contribution is 0.185. The molecule has 0 aliphatic heterocycles. The topological polar surface area (TPSA) is 49.9 Å². The van der Waals surface area contributed by atoms with Gasteiger partial charge in [0.25, 0.3) is 0 Å². The van der Waals surface area contributed by atoms with Crippen LogP contribution in [0.5, 0.6) is 11.5 Å². The van der Waals surface area contributed by atoms with Crippen molar-refractivity contribution in [2.24, 2.45) is 5.92 Å². The van der Waals surface area contributed by atoms with Gasteiger partial charge in [0.2, 0.25) is 0 Å². The number of hydrogen-bond acceptors (Lipinski definition) is 8. The summed E-state index contributed by atoms with van der Waals surface area (Å²) in [5.74, 6) is 2.49. The highest BCUT2D eigenvalue weighted by Crippen LogP contribution is 2.39. The fraction of sp³-hybridized carbons (Fsp3) is 0.167. The average Bonchev–Trinajstić information content (AvgIpc) is 1.22. The molecule has 0 bridgehead atoms. The van der Waals surface area contributed by atoms with Crippen molar-refractivity contribution in [1.82, 2.24) is 0 Å². The van der Waals surface area contributed by atoms with Crippen LogP contribution in [0.3, 0.4) is 0 Å². The van der Waals surface area contributed by atoms with Gasteiger partial charge in [-0.25, -0.2) is 0 Å². The Kier molecular flexibility index (Phi) is 22.3. The first kappa shape index (κ1) is 64.4. The molecule has 1 atom stereocenters. The van der Waals surface area contributed by atoms with E-state index in [2.05, 4.69) is 303 Å². The van der Waals surface area contributed by atoms with Crippen LogP contribution in [0.4, 0.5) is 45.5 Å². The lowest BCUT2D eigenvalue weighted by Gasteiger charge is -2.28. The standard InChI is InChI=1S/C84H84N4O4/c1-10-15-73(86(80-50-55-83(91-8)56-51-80)74-18-12-16-68(30-44-74)67(11-2)17-14-59-85(71-35-21-62(3)22-36-71)72-40-28-66(29-41-72)61-89-6)39-25-64(5)60-65-26-42-77(43-27-65)88(81-52-57-84(92-9)58-53-81)79-47-33-70(34-48-79)69-31-45-78(46-32-69)87(76-37-23-63(4)24-38-76)75-19-13-20-82(90-7)54-49-75/h11-18,20-58,68H,5,10,19,59-61H2,1-4,6-9H3/b17-14-,39-25-,67-11+,73-15+. The van der Waals surface area contributed by atoms with Crippen LogP contribution in [0.15, 0.2) is 326 Å². The van der Waals surface area contributed by atoms with Crippen LogP contribution in [0.2, 0.25) is 0 Å². The number of ether oxygens (including phenoxy) is 4. The van der Waals surface area contributed by atoms with E-state index in [1.807, 2.05) is 36.4 Å². The normalized spacial score (nSPS) is 14.1.